The Morgan fingerprint density at radius 1 is 1.29 bits per heavy atom. The molecule has 128 valence electrons. The molecule has 0 radical (unpaired) electrons. The first-order valence-corrected chi connectivity index (χ1v) is 8.59. The summed E-state index contributed by atoms with van der Waals surface area (Å²) >= 11 is 0. The number of rotatable bonds is 6. The predicted molar refractivity (Wildman–Crippen MR) is 97.4 cm³/mol. The molecule has 1 aliphatic heterocycles. The van der Waals surface area contributed by atoms with Gasteiger partial charge in [-0.05, 0) is 43.5 Å². The maximum absolute atomic E-state index is 4.56. The van der Waals surface area contributed by atoms with Gasteiger partial charge in [0.15, 0.2) is 0 Å². The third-order valence-corrected chi connectivity index (χ3v) is 4.38. The van der Waals surface area contributed by atoms with Crippen molar-refractivity contribution in [2.24, 2.45) is 0 Å². The van der Waals surface area contributed by atoms with Gasteiger partial charge in [-0.2, -0.15) is 4.98 Å². The molecule has 0 aromatic carbocycles. The first kappa shape index (κ1) is 16.6. The zero-order valence-corrected chi connectivity index (χ0v) is 14.5. The quantitative estimate of drug-likeness (QED) is 0.877. The molecule has 0 aliphatic carbocycles. The van der Waals surface area contributed by atoms with Crippen molar-refractivity contribution < 1.29 is 0 Å². The van der Waals surface area contributed by atoms with E-state index < -0.39 is 0 Å². The van der Waals surface area contributed by atoms with E-state index in [2.05, 4.69) is 31.2 Å². The zero-order chi connectivity index (χ0) is 16.8. The third kappa shape index (κ3) is 4.64. The molecule has 1 atom stereocenters. The summed E-state index contributed by atoms with van der Waals surface area (Å²) in [6.45, 7) is 3.27. The Kier molecular flexibility index (Phi) is 5.59. The summed E-state index contributed by atoms with van der Waals surface area (Å²) in [6, 6.07) is 6.48. The summed E-state index contributed by atoms with van der Waals surface area (Å²) in [7, 11) is 3.99. The second-order valence-electron chi connectivity index (χ2n) is 6.53. The van der Waals surface area contributed by atoms with Crippen molar-refractivity contribution in [1.29, 1.82) is 0 Å². The van der Waals surface area contributed by atoms with Crippen molar-refractivity contribution in [3.05, 3.63) is 42.4 Å². The van der Waals surface area contributed by atoms with Crippen molar-refractivity contribution in [1.82, 2.24) is 19.9 Å². The number of nitrogens with zero attached hydrogens (tertiary/aromatic N) is 5. The monoisotopic (exact) mass is 326 g/mol. The fourth-order valence-corrected chi connectivity index (χ4v) is 3.06. The molecule has 3 rings (SSSR count). The molecule has 6 heteroatoms. The van der Waals surface area contributed by atoms with Crippen LogP contribution in [0.25, 0.3) is 0 Å². The van der Waals surface area contributed by atoms with E-state index in [1.54, 1.807) is 0 Å². The van der Waals surface area contributed by atoms with E-state index >= 15 is 0 Å². The normalized spacial score (nSPS) is 18.3. The van der Waals surface area contributed by atoms with Crippen molar-refractivity contribution in [3.63, 3.8) is 0 Å². The van der Waals surface area contributed by atoms with Crippen LogP contribution in [0.15, 0.2) is 36.8 Å². The first-order valence-electron chi connectivity index (χ1n) is 8.59. The maximum atomic E-state index is 4.56. The first-order chi connectivity index (χ1) is 11.7. The van der Waals surface area contributed by atoms with Crippen LogP contribution < -0.4 is 10.2 Å². The van der Waals surface area contributed by atoms with Gasteiger partial charge in [-0.1, -0.05) is 6.07 Å². The van der Waals surface area contributed by atoms with Gasteiger partial charge in [-0.25, -0.2) is 4.98 Å². The third-order valence-electron chi connectivity index (χ3n) is 4.38. The Morgan fingerprint density at radius 3 is 3.00 bits per heavy atom. The second kappa shape index (κ2) is 8.06. The summed E-state index contributed by atoms with van der Waals surface area (Å²) in [5.74, 6) is 1.65. The van der Waals surface area contributed by atoms with E-state index in [0.717, 1.165) is 37.8 Å². The molecule has 0 bridgehead atoms. The fraction of sp³-hybridized carbons (Fsp3) is 0.500. The lowest BCUT2D eigenvalue weighted by Crippen LogP contribution is -2.43. The highest BCUT2D eigenvalue weighted by atomic mass is 15.2. The lowest BCUT2D eigenvalue weighted by atomic mass is 10.1. The topological polar surface area (TPSA) is 57.2 Å². The minimum absolute atomic E-state index is 0.407. The Hall–Kier alpha value is -2.21. The highest BCUT2D eigenvalue weighted by Gasteiger charge is 2.20. The van der Waals surface area contributed by atoms with Gasteiger partial charge in [0, 0.05) is 51.8 Å². The highest BCUT2D eigenvalue weighted by molar-refractivity contribution is 5.41. The van der Waals surface area contributed by atoms with Crippen LogP contribution in [0.5, 0.6) is 0 Å². The van der Waals surface area contributed by atoms with E-state index in [0.29, 0.717) is 6.04 Å². The molecule has 2 aromatic heterocycles. The van der Waals surface area contributed by atoms with Crippen LogP contribution in [0.2, 0.25) is 0 Å². The van der Waals surface area contributed by atoms with E-state index in [-0.39, 0.29) is 0 Å². The van der Waals surface area contributed by atoms with Crippen molar-refractivity contribution in [3.8, 4) is 0 Å². The molecule has 0 saturated carbocycles. The van der Waals surface area contributed by atoms with Crippen LogP contribution >= 0.6 is 0 Å². The number of hydrogen-bond acceptors (Lipinski definition) is 6. The summed E-state index contributed by atoms with van der Waals surface area (Å²) in [5, 5.41) is 3.50. The zero-order valence-electron chi connectivity index (χ0n) is 14.5. The predicted octanol–water partition coefficient (Wildman–Crippen LogP) is 2.06. The Labute approximate surface area is 143 Å². The summed E-state index contributed by atoms with van der Waals surface area (Å²) < 4.78 is 0. The summed E-state index contributed by atoms with van der Waals surface area (Å²) in [5.41, 5.74) is 1.30. The number of hydrogen-bond donors (Lipinski definition) is 1. The van der Waals surface area contributed by atoms with Gasteiger partial charge in [0.05, 0.1) is 0 Å². The second-order valence-corrected chi connectivity index (χ2v) is 6.53. The largest absolute Gasteiger partial charge is 0.363 e. The number of aromatic nitrogens is 3. The summed E-state index contributed by atoms with van der Waals surface area (Å²) in [4.78, 5) is 17.6. The minimum Gasteiger partial charge on any atom is -0.363 e. The van der Waals surface area contributed by atoms with Crippen molar-refractivity contribution >= 4 is 11.8 Å². The molecule has 0 amide bonds. The molecule has 1 unspecified atom stereocenters. The molecule has 1 saturated heterocycles. The molecule has 24 heavy (non-hydrogen) atoms. The molecule has 6 nitrogen and oxygen atoms in total. The highest BCUT2D eigenvalue weighted by Crippen LogP contribution is 2.16. The van der Waals surface area contributed by atoms with Gasteiger partial charge in [-0.15, -0.1) is 0 Å². The lowest BCUT2D eigenvalue weighted by molar-refractivity contribution is 0.218. The number of likely N-dealkylation sites (tertiary alicyclic amines) is 1. The van der Waals surface area contributed by atoms with E-state index in [1.807, 2.05) is 49.7 Å². The SMILES string of the molecule is CN(C)c1ccnc(NC2CCCN(CCc3cccnc3)C2)n1. The smallest absolute Gasteiger partial charge is 0.224 e. The Balaban J connectivity index is 1.53. The van der Waals surface area contributed by atoms with Gasteiger partial charge in [0.2, 0.25) is 5.95 Å². The Bertz CT molecular complexity index is 630. The van der Waals surface area contributed by atoms with Crippen LogP contribution in [0.4, 0.5) is 11.8 Å². The molecule has 2 aromatic rings. The number of anilines is 2. The molecule has 3 heterocycles. The standard InChI is InChI=1S/C18H26N6/c1-23(2)17-7-10-20-18(22-17)21-16-6-4-11-24(14-16)12-8-15-5-3-9-19-13-15/h3,5,7,9-10,13,16H,4,6,8,11-12,14H2,1-2H3,(H,20,21,22). The summed E-state index contributed by atoms with van der Waals surface area (Å²) in [6.07, 6.45) is 9.02. The molecular formula is C18H26N6. The minimum atomic E-state index is 0.407. The van der Waals surface area contributed by atoms with Crippen molar-refractivity contribution in [2.75, 3.05) is 43.9 Å². The van der Waals surface area contributed by atoms with Gasteiger partial charge < -0.3 is 15.1 Å². The van der Waals surface area contributed by atoms with Gasteiger partial charge in [-0.3, -0.25) is 4.98 Å². The lowest BCUT2D eigenvalue weighted by Gasteiger charge is -2.33. The van der Waals surface area contributed by atoms with Crippen molar-refractivity contribution in [2.45, 2.75) is 25.3 Å². The Morgan fingerprint density at radius 2 is 2.21 bits per heavy atom. The van der Waals surface area contributed by atoms with Gasteiger partial charge in [0.25, 0.3) is 0 Å². The molecule has 0 spiro atoms. The average Bonchev–Trinajstić information content (AvgIpc) is 2.61. The fourth-order valence-electron chi connectivity index (χ4n) is 3.06. The molecule has 1 aliphatic rings. The van der Waals surface area contributed by atoms with Gasteiger partial charge in [0.1, 0.15) is 5.82 Å². The van der Waals surface area contributed by atoms with Crippen LogP contribution in [-0.2, 0) is 6.42 Å². The van der Waals surface area contributed by atoms with Crippen LogP contribution in [-0.4, -0.2) is 59.6 Å². The number of pyridine rings is 1. The van der Waals surface area contributed by atoms with Crippen LogP contribution in [0.3, 0.4) is 0 Å². The maximum Gasteiger partial charge on any atom is 0.224 e. The van der Waals surface area contributed by atoms with E-state index in [1.165, 1.54) is 18.4 Å². The van der Waals surface area contributed by atoms with Crippen LogP contribution in [0, 0.1) is 0 Å². The molecule has 1 N–H and O–H groups in total. The van der Waals surface area contributed by atoms with Gasteiger partial charge >= 0.3 is 0 Å². The van der Waals surface area contributed by atoms with E-state index in [9.17, 15) is 0 Å². The number of piperidine rings is 1. The number of nitrogens with one attached hydrogen (secondary N) is 1. The average molecular weight is 326 g/mol. The van der Waals surface area contributed by atoms with E-state index in [4.69, 9.17) is 0 Å². The molecular weight excluding hydrogens is 300 g/mol. The molecule has 1 fully saturated rings. The van der Waals surface area contributed by atoms with Crippen LogP contribution in [0.1, 0.15) is 18.4 Å².